The number of pyridine rings is 2. The predicted molar refractivity (Wildman–Crippen MR) is 241 cm³/mol. The van der Waals surface area contributed by atoms with Gasteiger partial charge in [-0.3, -0.25) is 4.98 Å². The molecule has 0 bridgehead atoms. The first kappa shape index (κ1) is 36.1. The van der Waals surface area contributed by atoms with Crippen molar-refractivity contribution in [2.24, 2.45) is 0 Å². The normalized spacial score (nSPS) is 12.0. The lowest BCUT2D eigenvalue weighted by Gasteiger charge is -2.26. The molecule has 6 aromatic carbocycles. The van der Waals surface area contributed by atoms with E-state index in [1.165, 1.54) is 27.5 Å². The van der Waals surface area contributed by atoms with E-state index in [9.17, 15) is 0 Å². The van der Waals surface area contributed by atoms with Crippen LogP contribution in [0.5, 0.6) is 0 Å². The second-order valence-corrected chi connectivity index (χ2v) is 17.3. The van der Waals surface area contributed by atoms with E-state index in [0.717, 1.165) is 72.6 Å². The van der Waals surface area contributed by atoms with Gasteiger partial charge < -0.3 is 4.98 Å². The lowest BCUT2D eigenvalue weighted by molar-refractivity contribution is 0.569. The van der Waals surface area contributed by atoms with Crippen molar-refractivity contribution in [1.82, 2.24) is 15.0 Å². The van der Waals surface area contributed by atoms with Gasteiger partial charge in [0, 0.05) is 39.2 Å². The van der Waals surface area contributed by atoms with Gasteiger partial charge in [-0.25, -0.2) is 4.98 Å². The maximum Gasteiger partial charge on any atom is 0.0736 e. The van der Waals surface area contributed by atoms with Crippen LogP contribution < -0.4 is 0 Å². The summed E-state index contributed by atoms with van der Waals surface area (Å²) in [5, 5.41) is 2.41. The molecule has 0 radical (unpaired) electrons. The second-order valence-electron chi connectivity index (χ2n) is 17.3. The highest BCUT2D eigenvalue weighted by Gasteiger charge is 2.22. The molecule has 3 heteroatoms. The number of para-hydroxylation sites is 2. The molecule has 3 heterocycles. The highest BCUT2D eigenvalue weighted by molar-refractivity contribution is 6.11. The lowest BCUT2D eigenvalue weighted by atomic mass is 9.79. The summed E-state index contributed by atoms with van der Waals surface area (Å²) in [7, 11) is 0. The van der Waals surface area contributed by atoms with Crippen LogP contribution in [-0.4, -0.2) is 15.0 Å². The minimum atomic E-state index is -0.0230. The zero-order valence-electron chi connectivity index (χ0n) is 33.6. The summed E-state index contributed by atoms with van der Waals surface area (Å²) in [5.74, 6) is 0. The van der Waals surface area contributed by atoms with Gasteiger partial charge in [-0.15, -0.1) is 0 Å². The summed E-state index contributed by atoms with van der Waals surface area (Å²) in [6, 6.07) is 59.0. The molecule has 3 nitrogen and oxygen atoms in total. The maximum atomic E-state index is 5.56. The molecule has 278 valence electrons. The maximum absolute atomic E-state index is 5.56. The molecule has 0 atom stereocenters. The largest absolute Gasteiger partial charge is 0.354 e. The van der Waals surface area contributed by atoms with Crippen molar-refractivity contribution in [2.45, 2.75) is 52.4 Å². The third-order valence-corrected chi connectivity index (χ3v) is 11.1. The Morgan fingerprint density at radius 1 is 0.386 bits per heavy atom. The summed E-state index contributed by atoms with van der Waals surface area (Å²) in [6.45, 7) is 13.8. The van der Waals surface area contributed by atoms with Crippen molar-refractivity contribution in [3.63, 3.8) is 0 Å². The minimum Gasteiger partial charge on any atom is -0.354 e. The molecule has 9 rings (SSSR count). The first-order chi connectivity index (χ1) is 27.5. The number of nitrogens with zero attached hydrogens (tertiary/aromatic N) is 2. The quantitative estimate of drug-likeness (QED) is 0.185. The van der Waals surface area contributed by atoms with Gasteiger partial charge in [-0.05, 0) is 104 Å². The molecule has 0 saturated heterocycles. The van der Waals surface area contributed by atoms with Crippen LogP contribution in [-0.2, 0) is 10.8 Å². The van der Waals surface area contributed by atoms with Crippen LogP contribution >= 0.6 is 0 Å². The standard InChI is InChI=1S/C54H47N3/c1-53(2,3)43-29-39(30-44(34-43)54(4,5)6)40-32-50(56-51(33-40)47-22-15-21-46-45-20-13-14-23-48(45)57-52(46)47)42-27-38(36-18-11-8-12-19-36)26-41(28-42)49-31-37(24-25-55-49)35-16-9-7-10-17-35/h7-34,57H,1-6H3. The molecule has 1 N–H and O–H groups in total. The van der Waals surface area contributed by atoms with Crippen LogP contribution in [0.25, 0.3) is 89.0 Å². The summed E-state index contributed by atoms with van der Waals surface area (Å²) in [5.41, 5.74) is 17.6. The van der Waals surface area contributed by atoms with Crippen LogP contribution in [0.3, 0.4) is 0 Å². The Hall–Kier alpha value is -6.58. The molecule has 0 aliphatic carbocycles. The van der Waals surface area contributed by atoms with Crippen LogP contribution in [0.15, 0.2) is 170 Å². The SMILES string of the molecule is CC(C)(C)c1cc(-c2cc(-c3cc(-c4ccccc4)cc(-c4cc(-c5ccccc5)ccn4)c3)nc(-c3cccc4c3[nH]c3ccccc34)c2)cc(C(C)(C)C)c1. The number of rotatable bonds is 6. The van der Waals surface area contributed by atoms with Gasteiger partial charge in [0.05, 0.1) is 22.6 Å². The predicted octanol–water partition coefficient (Wildman–Crippen LogP) is 14.7. The van der Waals surface area contributed by atoms with Crippen molar-refractivity contribution in [3.05, 3.63) is 181 Å². The smallest absolute Gasteiger partial charge is 0.0736 e. The summed E-state index contributed by atoms with van der Waals surface area (Å²) in [4.78, 5) is 14.2. The van der Waals surface area contributed by atoms with Gasteiger partial charge in [0.1, 0.15) is 0 Å². The number of benzene rings is 6. The third-order valence-electron chi connectivity index (χ3n) is 11.1. The van der Waals surface area contributed by atoms with Crippen molar-refractivity contribution in [2.75, 3.05) is 0 Å². The van der Waals surface area contributed by atoms with E-state index in [0.29, 0.717) is 0 Å². The molecule has 0 fully saturated rings. The molecule has 9 aromatic rings. The zero-order chi connectivity index (χ0) is 39.3. The fourth-order valence-corrected chi connectivity index (χ4v) is 7.85. The lowest BCUT2D eigenvalue weighted by Crippen LogP contribution is -2.16. The van der Waals surface area contributed by atoms with Crippen LogP contribution in [0.2, 0.25) is 0 Å². The molecule has 3 aromatic heterocycles. The fraction of sp³-hybridized carbons (Fsp3) is 0.148. The molecule has 0 aliphatic rings. The van der Waals surface area contributed by atoms with Crippen molar-refractivity contribution in [1.29, 1.82) is 0 Å². The number of aromatic amines is 1. The van der Waals surface area contributed by atoms with Crippen LogP contribution in [0, 0.1) is 0 Å². The Morgan fingerprint density at radius 3 is 1.60 bits per heavy atom. The van der Waals surface area contributed by atoms with Crippen LogP contribution in [0.4, 0.5) is 0 Å². The van der Waals surface area contributed by atoms with E-state index in [2.05, 4.69) is 210 Å². The van der Waals surface area contributed by atoms with E-state index in [1.54, 1.807) is 0 Å². The third kappa shape index (κ3) is 7.18. The Balaban J connectivity index is 1.31. The molecule has 0 amide bonds. The highest BCUT2D eigenvalue weighted by Crippen LogP contribution is 2.40. The van der Waals surface area contributed by atoms with Gasteiger partial charge in [-0.2, -0.15) is 0 Å². The number of aromatic nitrogens is 3. The van der Waals surface area contributed by atoms with Crippen molar-refractivity contribution >= 4 is 21.8 Å². The van der Waals surface area contributed by atoms with Gasteiger partial charge in [0.15, 0.2) is 0 Å². The first-order valence-electron chi connectivity index (χ1n) is 19.9. The Bertz CT molecular complexity index is 2870. The van der Waals surface area contributed by atoms with Gasteiger partial charge in [-0.1, -0.05) is 157 Å². The number of H-pyrrole nitrogens is 1. The number of hydrogen-bond donors (Lipinski definition) is 1. The van der Waals surface area contributed by atoms with E-state index in [1.807, 2.05) is 6.20 Å². The first-order valence-corrected chi connectivity index (χ1v) is 19.9. The van der Waals surface area contributed by atoms with Gasteiger partial charge in [0.2, 0.25) is 0 Å². The molecule has 57 heavy (non-hydrogen) atoms. The Labute approximate surface area is 336 Å². The van der Waals surface area contributed by atoms with Gasteiger partial charge in [0.25, 0.3) is 0 Å². The second kappa shape index (κ2) is 14.2. The van der Waals surface area contributed by atoms with Gasteiger partial charge >= 0.3 is 0 Å². The summed E-state index contributed by atoms with van der Waals surface area (Å²) >= 11 is 0. The number of fused-ring (bicyclic) bond motifs is 3. The monoisotopic (exact) mass is 737 g/mol. The van der Waals surface area contributed by atoms with E-state index in [-0.39, 0.29) is 10.8 Å². The molecule has 0 aliphatic heterocycles. The van der Waals surface area contributed by atoms with Crippen molar-refractivity contribution in [3.8, 4) is 67.2 Å². The number of hydrogen-bond acceptors (Lipinski definition) is 2. The minimum absolute atomic E-state index is 0.0230. The van der Waals surface area contributed by atoms with Crippen molar-refractivity contribution < 1.29 is 0 Å². The van der Waals surface area contributed by atoms with E-state index in [4.69, 9.17) is 9.97 Å². The van der Waals surface area contributed by atoms with E-state index < -0.39 is 0 Å². The van der Waals surface area contributed by atoms with Crippen LogP contribution in [0.1, 0.15) is 52.7 Å². The Morgan fingerprint density at radius 2 is 0.912 bits per heavy atom. The fourth-order valence-electron chi connectivity index (χ4n) is 7.85. The average molecular weight is 738 g/mol. The van der Waals surface area contributed by atoms with E-state index >= 15 is 0 Å². The molecular weight excluding hydrogens is 691 g/mol. The molecule has 0 saturated carbocycles. The Kier molecular flexibility index (Phi) is 8.97. The average Bonchev–Trinajstić information content (AvgIpc) is 3.62. The topological polar surface area (TPSA) is 41.6 Å². The molecule has 0 spiro atoms. The summed E-state index contributed by atoms with van der Waals surface area (Å²) < 4.78 is 0. The number of nitrogens with one attached hydrogen (secondary N) is 1. The summed E-state index contributed by atoms with van der Waals surface area (Å²) in [6.07, 6.45) is 1.92. The highest BCUT2D eigenvalue weighted by atomic mass is 14.7. The molecule has 0 unspecified atom stereocenters. The molecular formula is C54H47N3. The zero-order valence-corrected chi connectivity index (χ0v) is 33.6.